The molecular weight excluding hydrogens is 350 g/mol. The summed E-state index contributed by atoms with van der Waals surface area (Å²) in [6, 6.07) is 15.1. The number of hydrogen-bond acceptors (Lipinski definition) is 4. The van der Waals surface area contributed by atoms with Crippen LogP contribution in [0.25, 0.3) is 6.08 Å². The van der Waals surface area contributed by atoms with E-state index in [0.29, 0.717) is 26.6 Å². The van der Waals surface area contributed by atoms with Crippen molar-refractivity contribution in [2.75, 3.05) is 0 Å². The van der Waals surface area contributed by atoms with E-state index >= 15 is 0 Å². The Kier molecular flexibility index (Phi) is 5.00. The Labute approximate surface area is 148 Å². The van der Waals surface area contributed by atoms with E-state index in [-0.39, 0.29) is 5.91 Å². The third-order valence-corrected chi connectivity index (χ3v) is 4.57. The lowest BCUT2D eigenvalue weighted by atomic mass is 10.2. The van der Waals surface area contributed by atoms with Crippen LogP contribution in [0, 0.1) is 0 Å². The Hall–Kier alpha value is -1.82. The molecule has 2 aromatic rings. The van der Waals surface area contributed by atoms with Crippen LogP contribution in [0.3, 0.4) is 0 Å². The first kappa shape index (κ1) is 16.1. The minimum absolute atomic E-state index is 0.174. The Balaban J connectivity index is 1.78. The van der Waals surface area contributed by atoms with Crippen LogP contribution in [-0.2, 0) is 11.4 Å². The molecule has 1 fully saturated rings. The van der Waals surface area contributed by atoms with Gasteiger partial charge in [-0.3, -0.25) is 4.79 Å². The minimum atomic E-state index is -0.174. The number of benzene rings is 2. The van der Waals surface area contributed by atoms with Gasteiger partial charge in [-0.2, -0.15) is 0 Å². The Morgan fingerprint density at radius 3 is 2.61 bits per heavy atom. The molecule has 1 heterocycles. The van der Waals surface area contributed by atoms with Gasteiger partial charge in [-0.05, 0) is 29.8 Å². The van der Waals surface area contributed by atoms with Crippen LogP contribution in [0.2, 0.25) is 5.02 Å². The van der Waals surface area contributed by atoms with Crippen molar-refractivity contribution in [2.24, 2.45) is 0 Å². The van der Waals surface area contributed by atoms with Gasteiger partial charge >= 0.3 is 0 Å². The van der Waals surface area contributed by atoms with Crippen LogP contribution in [-0.4, -0.2) is 10.2 Å². The summed E-state index contributed by atoms with van der Waals surface area (Å²) in [6.07, 6.45) is 1.79. The van der Waals surface area contributed by atoms with E-state index < -0.39 is 0 Å². The molecule has 23 heavy (non-hydrogen) atoms. The summed E-state index contributed by atoms with van der Waals surface area (Å²) < 4.78 is 6.35. The van der Waals surface area contributed by atoms with Crippen molar-refractivity contribution in [1.29, 1.82) is 0 Å². The molecule has 0 unspecified atom stereocenters. The SMILES string of the molecule is O=C1NC(=S)S/C1=C/c1ccccc1OCc1ccc(Cl)cc1. The summed E-state index contributed by atoms with van der Waals surface area (Å²) in [5.41, 5.74) is 1.86. The van der Waals surface area contributed by atoms with Gasteiger partial charge in [0.05, 0.1) is 4.91 Å². The summed E-state index contributed by atoms with van der Waals surface area (Å²) >= 11 is 12.1. The number of para-hydroxylation sites is 1. The van der Waals surface area contributed by atoms with E-state index in [2.05, 4.69) is 5.32 Å². The first-order valence-electron chi connectivity index (χ1n) is 6.83. The lowest BCUT2D eigenvalue weighted by molar-refractivity contribution is -0.115. The fourth-order valence-corrected chi connectivity index (χ4v) is 3.20. The minimum Gasteiger partial charge on any atom is -0.488 e. The molecule has 1 aliphatic heterocycles. The monoisotopic (exact) mass is 361 g/mol. The molecule has 1 amide bonds. The highest BCUT2D eigenvalue weighted by molar-refractivity contribution is 8.26. The third kappa shape index (κ3) is 4.13. The van der Waals surface area contributed by atoms with Crippen LogP contribution in [0.1, 0.15) is 11.1 Å². The highest BCUT2D eigenvalue weighted by Gasteiger charge is 2.22. The van der Waals surface area contributed by atoms with Crippen molar-refractivity contribution in [3.63, 3.8) is 0 Å². The van der Waals surface area contributed by atoms with E-state index in [1.807, 2.05) is 48.5 Å². The summed E-state index contributed by atoms with van der Waals surface area (Å²) in [7, 11) is 0. The first-order chi connectivity index (χ1) is 11.1. The van der Waals surface area contributed by atoms with Crippen molar-refractivity contribution in [3.8, 4) is 5.75 Å². The van der Waals surface area contributed by atoms with Crippen molar-refractivity contribution in [2.45, 2.75) is 6.61 Å². The second-order valence-electron chi connectivity index (χ2n) is 4.81. The second-order valence-corrected chi connectivity index (χ2v) is 6.96. The molecule has 0 spiro atoms. The molecule has 0 radical (unpaired) electrons. The van der Waals surface area contributed by atoms with Crippen molar-refractivity contribution < 1.29 is 9.53 Å². The molecule has 3 rings (SSSR count). The average Bonchev–Trinajstić information content (AvgIpc) is 2.86. The zero-order valence-electron chi connectivity index (χ0n) is 11.9. The van der Waals surface area contributed by atoms with Crippen LogP contribution in [0.15, 0.2) is 53.4 Å². The third-order valence-electron chi connectivity index (χ3n) is 3.16. The largest absolute Gasteiger partial charge is 0.488 e. The molecule has 0 saturated carbocycles. The quantitative estimate of drug-likeness (QED) is 0.646. The summed E-state index contributed by atoms with van der Waals surface area (Å²) in [4.78, 5) is 12.3. The number of ether oxygens (including phenoxy) is 1. The number of amides is 1. The predicted molar refractivity (Wildman–Crippen MR) is 98.5 cm³/mol. The van der Waals surface area contributed by atoms with Crippen LogP contribution < -0.4 is 10.1 Å². The van der Waals surface area contributed by atoms with Crippen molar-refractivity contribution >= 4 is 51.9 Å². The van der Waals surface area contributed by atoms with Gasteiger partial charge in [-0.1, -0.05) is 65.9 Å². The predicted octanol–water partition coefficient (Wildman–Crippen LogP) is 4.41. The number of halogens is 1. The summed E-state index contributed by atoms with van der Waals surface area (Å²) in [5.74, 6) is 0.536. The zero-order chi connectivity index (χ0) is 16.2. The number of rotatable bonds is 4. The smallest absolute Gasteiger partial charge is 0.263 e. The fourth-order valence-electron chi connectivity index (χ4n) is 2.04. The van der Waals surface area contributed by atoms with Crippen molar-refractivity contribution in [3.05, 3.63) is 69.6 Å². The molecule has 1 N–H and O–H groups in total. The van der Waals surface area contributed by atoms with Gasteiger partial charge in [0, 0.05) is 10.6 Å². The molecule has 3 nitrogen and oxygen atoms in total. The normalized spacial score (nSPS) is 15.8. The topological polar surface area (TPSA) is 38.3 Å². The molecular formula is C17H12ClNO2S2. The molecule has 1 saturated heterocycles. The summed E-state index contributed by atoms with van der Waals surface area (Å²) in [6.45, 7) is 0.426. The molecule has 116 valence electrons. The van der Waals surface area contributed by atoms with Crippen LogP contribution in [0.5, 0.6) is 5.75 Å². The number of nitrogens with one attached hydrogen (secondary N) is 1. The van der Waals surface area contributed by atoms with Gasteiger partial charge in [0.2, 0.25) is 0 Å². The lowest BCUT2D eigenvalue weighted by Gasteiger charge is -2.09. The second kappa shape index (κ2) is 7.17. The number of thioether (sulfide) groups is 1. The van der Waals surface area contributed by atoms with Gasteiger partial charge < -0.3 is 10.1 Å². The summed E-state index contributed by atoms with van der Waals surface area (Å²) in [5, 5.41) is 3.30. The highest BCUT2D eigenvalue weighted by Crippen LogP contribution is 2.29. The molecule has 6 heteroatoms. The number of carbonyl (C=O) groups is 1. The van der Waals surface area contributed by atoms with Gasteiger partial charge in [-0.15, -0.1) is 0 Å². The molecule has 0 bridgehead atoms. The molecule has 0 atom stereocenters. The van der Waals surface area contributed by atoms with E-state index in [4.69, 9.17) is 28.6 Å². The number of hydrogen-bond donors (Lipinski definition) is 1. The highest BCUT2D eigenvalue weighted by atomic mass is 35.5. The van der Waals surface area contributed by atoms with Gasteiger partial charge in [0.15, 0.2) is 0 Å². The number of carbonyl (C=O) groups excluding carboxylic acids is 1. The molecule has 0 aromatic heterocycles. The van der Waals surface area contributed by atoms with Gasteiger partial charge in [-0.25, -0.2) is 0 Å². The average molecular weight is 362 g/mol. The Morgan fingerprint density at radius 2 is 1.91 bits per heavy atom. The maximum absolute atomic E-state index is 11.8. The van der Waals surface area contributed by atoms with Crippen LogP contribution in [0.4, 0.5) is 0 Å². The first-order valence-corrected chi connectivity index (χ1v) is 8.43. The Morgan fingerprint density at radius 1 is 1.17 bits per heavy atom. The Bertz CT molecular complexity index is 787. The van der Waals surface area contributed by atoms with E-state index in [9.17, 15) is 4.79 Å². The number of thiocarbonyl (C=S) groups is 1. The molecule has 2 aromatic carbocycles. The van der Waals surface area contributed by atoms with Crippen LogP contribution >= 0.6 is 35.6 Å². The van der Waals surface area contributed by atoms with E-state index in [1.165, 1.54) is 11.8 Å². The lowest BCUT2D eigenvalue weighted by Crippen LogP contribution is -2.17. The van der Waals surface area contributed by atoms with E-state index in [0.717, 1.165) is 11.1 Å². The van der Waals surface area contributed by atoms with Gasteiger partial charge in [0.1, 0.15) is 16.7 Å². The maximum Gasteiger partial charge on any atom is 0.263 e. The zero-order valence-corrected chi connectivity index (χ0v) is 14.3. The van der Waals surface area contributed by atoms with Crippen molar-refractivity contribution in [1.82, 2.24) is 5.32 Å². The fraction of sp³-hybridized carbons (Fsp3) is 0.0588. The standard InChI is InChI=1S/C17H12ClNO2S2/c18-13-7-5-11(6-8-13)10-21-14-4-2-1-3-12(14)9-15-16(20)19-17(22)23-15/h1-9H,10H2,(H,19,20,22)/b15-9+. The van der Waals surface area contributed by atoms with E-state index in [1.54, 1.807) is 6.08 Å². The molecule has 0 aliphatic carbocycles. The van der Waals surface area contributed by atoms with Gasteiger partial charge in [0.25, 0.3) is 5.91 Å². The maximum atomic E-state index is 11.8. The molecule has 1 aliphatic rings.